The Morgan fingerprint density at radius 3 is 2.33 bits per heavy atom. The number of alkyl halides is 2. The molecule has 0 bridgehead atoms. The molecule has 0 spiro atoms. The molecule has 1 atom stereocenters. The molecule has 0 radical (unpaired) electrons. The zero-order valence-electron chi connectivity index (χ0n) is 13.1. The van der Waals surface area contributed by atoms with Gasteiger partial charge in [0.05, 0.1) is 0 Å². The lowest BCUT2D eigenvalue weighted by molar-refractivity contribution is -0.135. The van der Waals surface area contributed by atoms with Crippen molar-refractivity contribution >= 4 is 29.1 Å². The maximum Gasteiger partial charge on any atom is 0.248 e. The molecule has 1 aliphatic carbocycles. The van der Waals surface area contributed by atoms with Gasteiger partial charge in [0.2, 0.25) is 11.8 Å². The average Bonchev–Trinajstić information content (AvgIpc) is 2.84. The predicted octanol–water partition coefficient (Wildman–Crippen LogP) is 4.67. The molecule has 7 heteroatoms. The number of hydrogen-bond donors (Lipinski definition) is 1. The lowest BCUT2D eigenvalue weighted by Crippen LogP contribution is -2.42. The summed E-state index contributed by atoms with van der Waals surface area (Å²) in [4.78, 5) is 14.4. The maximum absolute atomic E-state index is 13.3. The molecule has 1 N–H and O–H groups in total. The summed E-state index contributed by atoms with van der Waals surface area (Å²) in [5, 5.41) is 10.2. The van der Waals surface area contributed by atoms with Crippen molar-refractivity contribution in [1.82, 2.24) is 4.90 Å². The fourth-order valence-corrected chi connectivity index (χ4v) is 4.31. The number of benzene rings is 1. The second kappa shape index (κ2) is 6.68. The summed E-state index contributed by atoms with van der Waals surface area (Å²) in [6.07, 6.45) is 1.47. The monoisotopic (exact) mass is 377 g/mol. The number of rotatable bonds is 3. The molecule has 1 saturated carbocycles. The van der Waals surface area contributed by atoms with E-state index in [4.69, 9.17) is 23.2 Å². The molecule has 1 amide bonds. The first kappa shape index (κ1) is 17.7. The van der Waals surface area contributed by atoms with Gasteiger partial charge < -0.3 is 10.0 Å². The third kappa shape index (κ3) is 3.62. The highest BCUT2D eigenvalue weighted by atomic mass is 35.5. The summed E-state index contributed by atoms with van der Waals surface area (Å²) in [5.41, 5.74) is 0.645. The molecule has 2 fully saturated rings. The summed E-state index contributed by atoms with van der Waals surface area (Å²) in [5.74, 6) is -2.86. The highest BCUT2D eigenvalue weighted by Gasteiger charge is 2.42. The first-order valence-corrected chi connectivity index (χ1v) is 8.87. The number of phenols is 1. The Morgan fingerprint density at radius 1 is 1.17 bits per heavy atom. The van der Waals surface area contributed by atoms with E-state index >= 15 is 0 Å². The van der Waals surface area contributed by atoms with Crippen LogP contribution in [0.2, 0.25) is 10.0 Å². The number of nitrogens with zero attached hydrogens (tertiary/aromatic N) is 1. The normalized spacial score (nSPS) is 24.6. The van der Waals surface area contributed by atoms with E-state index in [0.29, 0.717) is 47.8 Å². The third-order valence-corrected chi connectivity index (χ3v) is 5.73. The van der Waals surface area contributed by atoms with E-state index < -0.39 is 5.92 Å². The summed E-state index contributed by atoms with van der Waals surface area (Å²) in [6, 6.07) is 2.72. The van der Waals surface area contributed by atoms with Gasteiger partial charge in [0.25, 0.3) is 0 Å². The number of likely N-dealkylation sites (tertiary alicyclic amines) is 1. The zero-order valence-corrected chi connectivity index (χ0v) is 14.6. The summed E-state index contributed by atoms with van der Waals surface area (Å²) < 4.78 is 26.6. The van der Waals surface area contributed by atoms with Gasteiger partial charge in [-0.15, -0.1) is 0 Å². The van der Waals surface area contributed by atoms with Crippen LogP contribution >= 0.6 is 23.2 Å². The van der Waals surface area contributed by atoms with Crippen LogP contribution in [-0.4, -0.2) is 34.4 Å². The van der Waals surface area contributed by atoms with Crippen molar-refractivity contribution in [2.75, 3.05) is 6.54 Å². The predicted molar refractivity (Wildman–Crippen MR) is 88.9 cm³/mol. The van der Waals surface area contributed by atoms with E-state index in [1.807, 2.05) is 0 Å². The second-order valence-corrected chi connectivity index (χ2v) is 7.51. The smallest absolute Gasteiger partial charge is 0.248 e. The molecule has 1 aromatic rings. The molecule has 132 valence electrons. The number of amides is 1. The van der Waals surface area contributed by atoms with E-state index in [9.17, 15) is 18.7 Å². The van der Waals surface area contributed by atoms with E-state index in [1.165, 1.54) is 12.1 Å². The number of aromatic hydroxyl groups is 1. The minimum absolute atomic E-state index is 0.00887. The Balaban J connectivity index is 1.67. The van der Waals surface area contributed by atoms with E-state index in [0.717, 1.165) is 0 Å². The molecule has 1 heterocycles. The fraction of sp³-hybridized carbons (Fsp3) is 0.588. The maximum atomic E-state index is 13.3. The molecule has 24 heavy (non-hydrogen) atoms. The van der Waals surface area contributed by atoms with Gasteiger partial charge in [-0.25, -0.2) is 8.78 Å². The topological polar surface area (TPSA) is 40.5 Å². The molecule has 0 aromatic heterocycles. The summed E-state index contributed by atoms with van der Waals surface area (Å²) >= 11 is 12.2. The first-order chi connectivity index (χ1) is 11.3. The number of halogens is 4. The van der Waals surface area contributed by atoms with Gasteiger partial charge in [-0.2, -0.15) is 0 Å². The Morgan fingerprint density at radius 2 is 1.75 bits per heavy atom. The van der Waals surface area contributed by atoms with Crippen molar-refractivity contribution in [3.05, 3.63) is 27.7 Å². The van der Waals surface area contributed by atoms with Gasteiger partial charge in [-0.05, 0) is 43.4 Å². The van der Waals surface area contributed by atoms with Gasteiger partial charge in [-0.1, -0.05) is 23.2 Å². The number of carbonyl (C=O) groups excluding carboxylic acids is 1. The molecule has 1 aliphatic heterocycles. The minimum atomic E-state index is -2.59. The molecule has 3 nitrogen and oxygen atoms in total. The van der Waals surface area contributed by atoms with Gasteiger partial charge in [0.1, 0.15) is 5.75 Å². The van der Waals surface area contributed by atoms with Gasteiger partial charge in [0, 0.05) is 41.4 Å². The summed E-state index contributed by atoms with van der Waals surface area (Å²) in [7, 11) is 0. The molecular weight excluding hydrogens is 359 g/mol. The highest BCUT2D eigenvalue weighted by Crippen LogP contribution is 2.38. The van der Waals surface area contributed by atoms with Crippen molar-refractivity contribution in [3.8, 4) is 5.75 Å². The van der Waals surface area contributed by atoms with E-state index in [1.54, 1.807) is 4.90 Å². The van der Waals surface area contributed by atoms with Crippen LogP contribution in [0.15, 0.2) is 12.1 Å². The lowest BCUT2D eigenvalue weighted by atomic mass is 9.91. The van der Waals surface area contributed by atoms with Crippen molar-refractivity contribution < 1.29 is 18.7 Å². The van der Waals surface area contributed by atoms with Crippen LogP contribution in [0.25, 0.3) is 0 Å². The van der Waals surface area contributed by atoms with Crippen LogP contribution in [0.3, 0.4) is 0 Å². The molecule has 1 saturated heterocycles. The summed E-state index contributed by atoms with van der Waals surface area (Å²) in [6.45, 7) is 0.590. The number of phenolic OH excluding ortho intramolecular Hbond substituents is 1. The van der Waals surface area contributed by atoms with E-state index in [-0.39, 0.29) is 36.5 Å². The van der Waals surface area contributed by atoms with Crippen LogP contribution < -0.4 is 0 Å². The van der Waals surface area contributed by atoms with Crippen molar-refractivity contribution in [1.29, 1.82) is 0 Å². The van der Waals surface area contributed by atoms with Crippen LogP contribution in [0, 0.1) is 5.92 Å². The zero-order chi connectivity index (χ0) is 17.5. The third-order valence-electron chi connectivity index (χ3n) is 5.05. The van der Waals surface area contributed by atoms with E-state index in [2.05, 4.69) is 0 Å². The lowest BCUT2D eigenvalue weighted by Gasteiger charge is -2.34. The van der Waals surface area contributed by atoms with Gasteiger partial charge in [-0.3, -0.25) is 4.79 Å². The Bertz CT molecular complexity index is 620. The number of carbonyl (C=O) groups is 1. The van der Waals surface area contributed by atoms with Crippen LogP contribution in [0.4, 0.5) is 8.78 Å². The van der Waals surface area contributed by atoms with Gasteiger partial charge in [0.15, 0.2) is 0 Å². The molecule has 1 aromatic carbocycles. The standard InChI is InChI=1S/C17H19Cl2F2NO2/c18-14-8-12(23)9-15(19)13(14)7-10-3-6-22(16(10)24)11-1-4-17(20,21)5-2-11/h8-11,23H,1-7H2/t10-/m0/s1. The van der Waals surface area contributed by atoms with Crippen LogP contribution in [-0.2, 0) is 11.2 Å². The molecule has 3 rings (SSSR count). The fourth-order valence-electron chi connectivity index (χ4n) is 3.68. The Kier molecular flexibility index (Phi) is 4.94. The molecule has 2 aliphatic rings. The molecule has 0 unspecified atom stereocenters. The average molecular weight is 378 g/mol. The first-order valence-electron chi connectivity index (χ1n) is 8.12. The largest absolute Gasteiger partial charge is 0.508 e. The number of hydrogen-bond acceptors (Lipinski definition) is 2. The minimum Gasteiger partial charge on any atom is -0.508 e. The SMILES string of the molecule is O=C1[C@H](Cc2c(Cl)cc(O)cc2Cl)CCN1C1CCC(F)(F)CC1. The highest BCUT2D eigenvalue weighted by molar-refractivity contribution is 6.36. The van der Waals surface area contributed by atoms with Crippen LogP contribution in [0.1, 0.15) is 37.7 Å². The quantitative estimate of drug-likeness (QED) is 0.831. The van der Waals surface area contributed by atoms with Gasteiger partial charge >= 0.3 is 0 Å². The second-order valence-electron chi connectivity index (χ2n) is 6.70. The van der Waals surface area contributed by atoms with Crippen LogP contribution in [0.5, 0.6) is 5.75 Å². The van der Waals surface area contributed by atoms with Crippen molar-refractivity contribution in [2.24, 2.45) is 5.92 Å². The van der Waals surface area contributed by atoms with Crippen molar-refractivity contribution in [3.63, 3.8) is 0 Å². The molecular formula is C17H19Cl2F2NO2. The van der Waals surface area contributed by atoms with Crippen molar-refractivity contribution in [2.45, 2.75) is 50.5 Å². The Hall–Kier alpha value is -1.07. The Labute approximate surface area is 149 Å².